The summed E-state index contributed by atoms with van der Waals surface area (Å²) in [7, 11) is 0. The Balaban J connectivity index is 3.71. The molecule has 2 radical (unpaired) electrons. The van der Waals surface area contributed by atoms with Crippen LogP contribution in [0.5, 0.6) is 0 Å². The van der Waals surface area contributed by atoms with Crippen LogP contribution >= 0.6 is 0 Å². The minimum atomic E-state index is -3.12. The Hall–Kier alpha value is -0.200. The highest BCUT2D eigenvalue weighted by Gasteiger charge is 2.35. The molecule has 1 atom stereocenters. The smallest absolute Gasteiger partial charge is 0.285 e. The highest BCUT2D eigenvalue weighted by molar-refractivity contribution is 4.77. The highest BCUT2D eigenvalue weighted by Crippen LogP contribution is 2.08. The molecule has 0 saturated heterocycles. The molecule has 0 aliphatic carbocycles. The molecule has 0 heterocycles. The maximum atomic E-state index is 9.94. The zero-order chi connectivity index (χ0) is 6.78. The maximum absolute atomic E-state index is 9.94. The van der Waals surface area contributed by atoms with Crippen LogP contribution in [0.1, 0.15) is 0 Å². The monoisotopic (exact) mass is 122 g/mol. The lowest BCUT2D eigenvalue weighted by Gasteiger charge is -2.14. The molecule has 4 N–H and O–H groups in total. The third kappa shape index (κ3) is 1.73. The van der Waals surface area contributed by atoms with Crippen LogP contribution in [0.2, 0.25) is 0 Å². The summed E-state index contributed by atoms with van der Waals surface area (Å²) < 4.78 is 0. The van der Waals surface area contributed by atoms with E-state index in [0.29, 0.717) is 0 Å². The minimum absolute atomic E-state index is 1.25. The molecule has 1 unspecified atom stereocenters. The fourth-order valence-corrected chi connectivity index (χ4v) is 0.0707. The average Bonchev–Trinajstić information content (AvgIpc) is 1.67. The van der Waals surface area contributed by atoms with Crippen molar-refractivity contribution in [2.45, 2.75) is 5.79 Å². The van der Waals surface area contributed by atoms with E-state index < -0.39 is 18.7 Å². The van der Waals surface area contributed by atoms with Crippen molar-refractivity contribution in [2.24, 2.45) is 0 Å². The van der Waals surface area contributed by atoms with Gasteiger partial charge in [-0.2, -0.15) is 5.11 Å². The van der Waals surface area contributed by atoms with Gasteiger partial charge in [-0.3, -0.25) is 0 Å². The summed E-state index contributed by atoms with van der Waals surface area (Å²) in [5.74, 6) is -3.12. The molecule has 0 amide bonds. The van der Waals surface area contributed by atoms with E-state index in [1.807, 2.05) is 0 Å². The van der Waals surface area contributed by atoms with Gasteiger partial charge in [0.25, 0.3) is 12.1 Å². The molecule has 5 nitrogen and oxygen atoms in total. The second-order valence-electron chi connectivity index (χ2n) is 1.27. The minimum Gasteiger partial charge on any atom is -0.390 e. The van der Waals surface area contributed by atoms with E-state index in [1.165, 1.54) is 0 Å². The van der Waals surface area contributed by atoms with Crippen LogP contribution in [0, 0.1) is 6.29 Å². The van der Waals surface area contributed by atoms with Gasteiger partial charge in [-0.05, 0) is 0 Å². The molecule has 0 fully saturated rings. The Bertz CT molecular complexity index is 68.1. The Morgan fingerprint density at radius 1 is 1.50 bits per heavy atom. The van der Waals surface area contributed by atoms with Crippen LogP contribution in [-0.2, 0) is 5.11 Å². The lowest BCUT2D eigenvalue weighted by atomic mass is 10.3. The molecule has 0 aliphatic rings. The van der Waals surface area contributed by atoms with Gasteiger partial charge in [-0.25, -0.2) is 0 Å². The van der Waals surface area contributed by atoms with Gasteiger partial charge in [0.1, 0.15) is 6.61 Å². The number of aliphatic hydroxyl groups is 4. The van der Waals surface area contributed by atoms with Crippen molar-refractivity contribution < 1.29 is 25.5 Å². The van der Waals surface area contributed by atoms with Crippen LogP contribution in [0.25, 0.3) is 0 Å². The molecule has 0 aromatic carbocycles. The molecule has 0 aromatic heterocycles. The molecule has 0 aromatic rings. The number of hydrogen-bond acceptors (Lipinski definition) is 4. The van der Waals surface area contributed by atoms with Crippen LogP contribution < -0.4 is 0 Å². The molecular weight excluding hydrogens is 116 g/mol. The highest BCUT2D eigenvalue weighted by atomic mass is 16.6. The van der Waals surface area contributed by atoms with E-state index in [2.05, 4.69) is 0 Å². The van der Waals surface area contributed by atoms with Crippen molar-refractivity contribution >= 4 is 0 Å². The predicted octanol–water partition coefficient (Wildman–Crippen LogP) is -1.67. The second-order valence-corrected chi connectivity index (χ2v) is 1.27. The zero-order valence-electron chi connectivity index (χ0n) is 3.90. The summed E-state index contributed by atoms with van der Waals surface area (Å²) in [5.41, 5.74) is 0. The van der Waals surface area contributed by atoms with Gasteiger partial charge in [-0.1, -0.05) is 0 Å². The molecule has 5 heteroatoms. The first-order chi connectivity index (χ1) is 3.50. The molecular formula is C3H6O5. The van der Waals surface area contributed by atoms with Crippen molar-refractivity contribution in [1.29, 1.82) is 0 Å². The van der Waals surface area contributed by atoms with E-state index in [1.54, 1.807) is 0 Å². The molecule has 48 valence electrons. The Morgan fingerprint density at radius 2 is 1.88 bits per heavy atom. The van der Waals surface area contributed by atoms with Crippen molar-refractivity contribution in [3.63, 3.8) is 0 Å². The molecule has 8 heavy (non-hydrogen) atoms. The van der Waals surface area contributed by atoms with E-state index in [0.717, 1.165) is 0 Å². The number of hydrogen-bond donors (Lipinski definition) is 4. The normalized spacial score (nSPS) is 12.8. The van der Waals surface area contributed by atoms with Crippen molar-refractivity contribution in [3.05, 3.63) is 6.29 Å². The SMILES string of the molecule is [O]C(O)(CO)[C](O)O. The van der Waals surface area contributed by atoms with E-state index in [4.69, 9.17) is 20.4 Å². The first-order valence-electron chi connectivity index (χ1n) is 1.79. The fraction of sp³-hybridized carbons (Fsp3) is 0.667. The Kier molecular flexibility index (Phi) is 2.32. The molecule has 0 spiro atoms. The Labute approximate surface area is 45.4 Å². The summed E-state index contributed by atoms with van der Waals surface area (Å²) >= 11 is 0. The van der Waals surface area contributed by atoms with Crippen molar-refractivity contribution in [2.75, 3.05) is 6.61 Å². The van der Waals surface area contributed by atoms with Gasteiger partial charge >= 0.3 is 0 Å². The topological polar surface area (TPSA) is 101 Å². The lowest BCUT2D eigenvalue weighted by Crippen LogP contribution is -2.38. The van der Waals surface area contributed by atoms with Crippen LogP contribution in [0.4, 0.5) is 0 Å². The fourth-order valence-electron chi connectivity index (χ4n) is 0.0707. The summed E-state index contributed by atoms with van der Waals surface area (Å²) in [4.78, 5) is 0. The number of rotatable bonds is 2. The summed E-state index contributed by atoms with van der Waals surface area (Å²) in [6, 6.07) is 0. The van der Waals surface area contributed by atoms with E-state index in [9.17, 15) is 5.11 Å². The van der Waals surface area contributed by atoms with Crippen LogP contribution in [-0.4, -0.2) is 32.8 Å². The molecule has 0 saturated carbocycles. The summed E-state index contributed by atoms with van der Waals surface area (Å²) in [6.07, 6.45) is -1.72. The van der Waals surface area contributed by atoms with Gasteiger partial charge in [0, 0.05) is 0 Å². The van der Waals surface area contributed by atoms with Crippen LogP contribution in [0.15, 0.2) is 0 Å². The third-order valence-electron chi connectivity index (χ3n) is 0.564. The largest absolute Gasteiger partial charge is 0.390 e. The number of aliphatic hydroxyl groups excluding tert-OH is 2. The van der Waals surface area contributed by atoms with E-state index in [-0.39, 0.29) is 0 Å². The quantitative estimate of drug-likeness (QED) is 0.329. The van der Waals surface area contributed by atoms with Crippen molar-refractivity contribution in [3.8, 4) is 0 Å². The second kappa shape index (κ2) is 2.38. The van der Waals surface area contributed by atoms with Crippen molar-refractivity contribution in [1.82, 2.24) is 0 Å². The maximum Gasteiger partial charge on any atom is 0.285 e. The van der Waals surface area contributed by atoms with Gasteiger partial charge in [0.15, 0.2) is 0 Å². The Morgan fingerprint density at radius 3 is 1.88 bits per heavy atom. The first kappa shape index (κ1) is 7.80. The standard InChI is InChI=1S/C3H6O5/c4-1-3(7,8)2(5)6/h4-7H,1H2. The van der Waals surface area contributed by atoms with Gasteiger partial charge < -0.3 is 20.4 Å². The van der Waals surface area contributed by atoms with Gasteiger partial charge in [-0.15, -0.1) is 0 Å². The first-order valence-corrected chi connectivity index (χ1v) is 1.79. The lowest BCUT2D eigenvalue weighted by molar-refractivity contribution is -0.275. The van der Waals surface area contributed by atoms with Crippen LogP contribution in [0.3, 0.4) is 0 Å². The summed E-state index contributed by atoms with van der Waals surface area (Å²) in [6.45, 7) is -1.25. The average molecular weight is 122 g/mol. The molecule has 0 aliphatic heterocycles. The zero-order valence-corrected chi connectivity index (χ0v) is 3.90. The van der Waals surface area contributed by atoms with Gasteiger partial charge in [0.2, 0.25) is 0 Å². The van der Waals surface area contributed by atoms with Gasteiger partial charge in [0.05, 0.1) is 0 Å². The molecule has 0 rings (SSSR count). The molecule has 0 bridgehead atoms. The predicted molar refractivity (Wildman–Crippen MR) is 19.8 cm³/mol. The summed E-state index contributed by atoms with van der Waals surface area (Å²) in [5, 5.41) is 41.5. The third-order valence-corrected chi connectivity index (χ3v) is 0.564. The van der Waals surface area contributed by atoms with E-state index >= 15 is 0 Å².